The number of hydrogen-bond donors (Lipinski definition) is 1. The Labute approximate surface area is 180 Å². The zero-order valence-corrected chi connectivity index (χ0v) is 17.9. The van der Waals surface area contributed by atoms with Gasteiger partial charge in [-0.1, -0.05) is 43.3 Å². The Bertz CT molecular complexity index is 1110. The smallest absolute Gasteiger partial charge is 0.325 e. The number of ether oxygens (including phenoxy) is 1. The van der Waals surface area contributed by atoms with Crippen LogP contribution in [0.5, 0.6) is 5.75 Å². The molecule has 4 rings (SSSR count). The molecule has 1 N–H and O–H groups in total. The monoisotopic (exact) mass is 420 g/mol. The molecule has 3 amide bonds. The molecule has 31 heavy (non-hydrogen) atoms. The van der Waals surface area contributed by atoms with Gasteiger partial charge in [-0.05, 0) is 48.2 Å². The number of carbonyl (C=O) groups is 2. The Kier molecular flexibility index (Phi) is 5.22. The van der Waals surface area contributed by atoms with Crippen molar-refractivity contribution in [2.45, 2.75) is 38.8 Å². The summed E-state index contributed by atoms with van der Waals surface area (Å²) in [6.45, 7) is 5.80. The van der Waals surface area contributed by atoms with E-state index < -0.39 is 11.6 Å². The van der Waals surface area contributed by atoms with Gasteiger partial charge in [0.25, 0.3) is 5.91 Å². The Morgan fingerprint density at radius 1 is 1.10 bits per heavy atom. The number of rotatable bonds is 6. The summed E-state index contributed by atoms with van der Waals surface area (Å²) in [4.78, 5) is 31.2. The van der Waals surface area contributed by atoms with E-state index >= 15 is 0 Å². The van der Waals surface area contributed by atoms with Gasteiger partial charge in [-0.15, -0.1) is 0 Å². The number of amides is 3. The third kappa shape index (κ3) is 3.76. The van der Waals surface area contributed by atoms with Gasteiger partial charge in [0.1, 0.15) is 17.8 Å². The van der Waals surface area contributed by atoms with E-state index in [4.69, 9.17) is 9.26 Å². The maximum Gasteiger partial charge on any atom is 0.325 e. The zero-order chi connectivity index (χ0) is 22.2. The van der Waals surface area contributed by atoms with Crippen LogP contribution >= 0.6 is 0 Å². The van der Waals surface area contributed by atoms with E-state index in [1.807, 2.05) is 24.3 Å². The first-order chi connectivity index (χ1) is 14.8. The van der Waals surface area contributed by atoms with Gasteiger partial charge in [0.05, 0.1) is 7.11 Å². The summed E-state index contributed by atoms with van der Waals surface area (Å²) in [5.74, 6) is 1.28. The predicted molar refractivity (Wildman–Crippen MR) is 113 cm³/mol. The minimum Gasteiger partial charge on any atom is -0.497 e. The maximum atomic E-state index is 13.1. The van der Waals surface area contributed by atoms with Crippen LogP contribution in [0.15, 0.2) is 53.1 Å². The molecule has 0 unspecified atom stereocenters. The van der Waals surface area contributed by atoms with Gasteiger partial charge < -0.3 is 14.6 Å². The molecule has 3 aromatic rings. The third-order valence-electron chi connectivity index (χ3n) is 5.54. The number of carbonyl (C=O) groups excluding carboxylic acids is 2. The quantitative estimate of drug-likeness (QED) is 0.609. The number of aromatic nitrogens is 2. The van der Waals surface area contributed by atoms with E-state index in [-0.39, 0.29) is 18.3 Å². The van der Waals surface area contributed by atoms with Crippen LogP contribution in [0.25, 0.3) is 11.4 Å². The van der Waals surface area contributed by atoms with E-state index in [0.717, 1.165) is 21.6 Å². The van der Waals surface area contributed by atoms with Crippen LogP contribution < -0.4 is 10.1 Å². The lowest BCUT2D eigenvalue weighted by molar-refractivity contribution is -0.131. The van der Waals surface area contributed by atoms with Crippen molar-refractivity contribution in [1.29, 1.82) is 0 Å². The van der Waals surface area contributed by atoms with Gasteiger partial charge in [0.15, 0.2) is 0 Å². The normalized spacial score (nSPS) is 18.5. The highest BCUT2D eigenvalue weighted by atomic mass is 16.5. The largest absolute Gasteiger partial charge is 0.497 e. The summed E-state index contributed by atoms with van der Waals surface area (Å²) in [5.41, 5.74) is 1.48. The van der Waals surface area contributed by atoms with Crippen LogP contribution in [-0.2, 0) is 16.9 Å². The van der Waals surface area contributed by atoms with Crippen molar-refractivity contribution in [3.63, 3.8) is 0 Å². The van der Waals surface area contributed by atoms with Crippen LogP contribution in [0.4, 0.5) is 4.79 Å². The van der Waals surface area contributed by atoms with Gasteiger partial charge >= 0.3 is 6.03 Å². The summed E-state index contributed by atoms with van der Waals surface area (Å²) >= 11 is 0. The molecule has 1 aromatic heterocycles. The first kappa shape index (κ1) is 20.6. The van der Waals surface area contributed by atoms with Crippen molar-refractivity contribution in [3.05, 3.63) is 65.5 Å². The van der Waals surface area contributed by atoms with Gasteiger partial charge in [0.2, 0.25) is 11.7 Å². The summed E-state index contributed by atoms with van der Waals surface area (Å²) in [6, 6.07) is 14.4. The summed E-state index contributed by atoms with van der Waals surface area (Å²) < 4.78 is 10.4. The van der Waals surface area contributed by atoms with E-state index in [1.165, 1.54) is 0 Å². The van der Waals surface area contributed by atoms with E-state index in [2.05, 4.69) is 29.3 Å². The molecule has 160 valence electrons. The fourth-order valence-electron chi connectivity index (χ4n) is 3.55. The molecule has 2 aromatic carbocycles. The molecule has 1 atom stereocenters. The van der Waals surface area contributed by atoms with Crippen LogP contribution in [-0.4, -0.2) is 34.1 Å². The van der Waals surface area contributed by atoms with Gasteiger partial charge in [-0.2, -0.15) is 4.98 Å². The Balaban J connectivity index is 1.52. The van der Waals surface area contributed by atoms with Crippen molar-refractivity contribution < 1.29 is 18.8 Å². The van der Waals surface area contributed by atoms with Crippen molar-refractivity contribution in [3.8, 4) is 17.1 Å². The van der Waals surface area contributed by atoms with E-state index in [9.17, 15) is 9.59 Å². The molecule has 1 saturated heterocycles. The predicted octanol–water partition coefficient (Wildman–Crippen LogP) is 3.84. The second-order valence-corrected chi connectivity index (χ2v) is 7.96. The Morgan fingerprint density at radius 2 is 1.77 bits per heavy atom. The molecule has 8 heteroatoms. The fourth-order valence-corrected chi connectivity index (χ4v) is 3.55. The average Bonchev–Trinajstić information content (AvgIpc) is 3.33. The molecule has 2 heterocycles. The molecule has 0 aliphatic carbocycles. The number of nitrogens with one attached hydrogen (secondary N) is 1. The number of urea groups is 1. The molecule has 0 spiro atoms. The lowest BCUT2D eigenvalue weighted by Gasteiger charge is -2.22. The molecule has 0 radical (unpaired) electrons. The molecule has 0 bridgehead atoms. The zero-order valence-electron chi connectivity index (χ0n) is 17.9. The molecule has 1 aliphatic heterocycles. The minimum atomic E-state index is -1.15. The number of nitrogens with zero attached hydrogens (tertiary/aromatic N) is 3. The lowest BCUT2D eigenvalue weighted by atomic mass is 9.90. The topological polar surface area (TPSA) is 97.6 Å². The molecular weight excluding hydrogens is 396 g/mol. The summed E-state index contributed by atoms with van der Waals surface area (Å²) in [6.07, 6.45) is 0. The molecule has 8 nitrogen and oxygen atoms in total. The van der Waals surface area contributed by atoms with Crippen molar-refractivity contribution in [1.82, 2.24) is 20.4 Å². The third-order valence-corrected chi connectivity index (χ3v) is 5.54. The van der Waals surface area contributed by atoms with Crippen molar-refractivity contribution >= 4 is 11.9 Å². The highest BCUT2D eigenvalue weighted by molar-refractivity contribution is 6.07. The number of benzene rings is 2. The Morgan fingerprint density at radius 3 is 2.39 bits per heavy atom. The van der Waals surface area contributed by atoms with Crippen LogP contribution in [0, 0.1) is 0 Å². The first-order valence-corrected chi connectivity index (χ1v) is 10.0. The van der Waals surface area contributed by atoms with Gasteiger partial charge in [-0.3, -0.25) is 9.69 Å². The van der Waals surface area contributed by atoms with Crippen LogP contribution in [0.1, 0.15) is 43.7 Å². The first-order valence-electron chi connectivity index (χ1n) is 10.0. The number of hydrogen-bond acceptors (Lipinski definition) is 6. The summed E-state index contributed by atoms with van der Waals surface area (Å²) in [5, 5.41) is 6.76. The minimum absolute atomic E-state index is 0.104. The lowest BCUT2D eigenvalue weighted by Crippen LogP contribution is -2.40. The molecule has 1 aliphatic rings. The van der Waals surface area contributed by atoms with E-state index in [1.54, 1.807) is 38.3 Å². The van der Waals surface area contributed by atoms with Crippen molar-refractivity contribution in [2.24, 2.45) is 0 Å². The molecule has 0 saturated carbocycles. The standard InChI is InChI=1S/C23H24N4O4/c1-14(2)15-5-9-17(10-6-15)23(3)21(28)27(22(29)25-23)13-19-24-20(26-31-19)16-7-11-18(30-4)12-8-16/h5-12,14H,13H2,1-4H3,(H,25,29)/t23-/m0/s1. The Hall–Kier alpha value is -3.68. The fraction of sp³-hybridized carbons (Fsp3) is 0.304. The highest BCUT2D eigenvalue weighted by Crippen LogP contribution is 2.31. The summed E-state index contributed by atoms with van der Waals surface area (Å²) in [7, 11) is 1.59. The van der Waals surface area contributed by atoms with Crippen LogP contribution in [0.2, 0.25) is 0 Å². The van der Waals surface area contributed by atoms with Crippen LogP contribution in [0.3, 0.4) is 0 Å². The average molecular weight is 420 g/mol. The number of imide groups is 1. The second-order valence-electron chi connectivity index (χ2n) is 7.96. The van der Waals surface area contributed by atoms with Crippen molar-refractivity contribution in [2.75, 3.05) is 7.11 Å². The molecule has 1 fully saturated rings. The van der Waals surface area contributed by atoms with E-state index in [0.29, 0.717) is 17.5 Å². The SMILES string of the molecule is COc1ccc(-c2noc(CN3C(=O)N[C@@](C)(c4ccc(C(C)C)cc4)C3=O)n2)cc1. The van der Waals surface area contributed by atoms with Gasteiger partial charge in [-0.25, -0.2) is 4.79 Å². The highest BCUT2D eigenvalue weighted by Gasteiger charge is 2.49. The van der Waals surface area contributed by atoms with Gasteiger partial charge in [0, 0.05) is 5.56 Å². The maximum absolute atomic E-state index is 13.1. The molecular formula is C23H24N4O4. The second kappa shape index (κ2) is 7.86. The number of methoxy groups -OCH3 is 1.